The number of hydrogen-bond donors (Lipinski definition) is 1. The second-order valence-corrected chi connectivity index (χ2v) is 24.7. The van der Waals surface area contributed by atoms with Gasteiger partial charge in [-0.25, -0.2) is 0 Å². The lowest BCUT2D eigenvalue weighted by atomic mass is 10.0. The molecule has 0 saturated carbocycles. The van der Waals surface area contributed by atoms with Gasteiger partial charge in [-0.3, -0.25) is 14.2 Å². The van der Waals surface area contributed by atoms with Gasteiger partial charge in [0.25, 0.3) is 7.82 Å². The van der Waals surface area contributed by atoms with Crippen molar-refractivity contribution in [1.29, 1.82) is 0 Å². The zero-order valence-corrected chi connectivity index (χ0v) is 51.4. The monoisotopic (exact) mass is 1080 g/mol. The number of amides is 1. The minimum atomic E-state index is -4.70. The van der Waals surface area contributed by atoms with Crippen LogP contribution in [0.4, 0.5) is 0 Å². The highest BCUT2D eigenvalue weighted by molar-refractivity contribution is 7.45. The fraction of sp³-hybridized carbons (Fsp3) is 0.877. The summed E-state index contributed by atoms with van der Waals surface area (Å²) >= 11 is 0. The maximum atomic E-state index is 13.5. The van der Waals surface area contributed by atoms with Crippen LogP contribution in [0.15, 0.2) is 36.5 Å². The van der Waals surface area contributed by atoms with Gasteiger partial charge in [0.2, 0.25) is 5.91 Å². The number of phosphoric ester groups is 1. The largest absolute Gasteiger partial charge is 0.756 e. The van der Waals surface area contributed by atoms with Gasteiger partial charge in [0.05, 0.1) is 33.8 Å². The van der Waals surface area contributed by atoms with Crippen molar-refractivity contribution in [3.63, 3.8) is 0 Å². The lowest BCUT2D eigenvalue weighted by Gasteiger charge is -2.30. The maximum absolute atomic E-state index is 13.5. The van der Waals surface area contributed by atoms with E-state index in [1.807, 2.05) is 33.3 Å². The van der Waals surface area contributed by atoms with Crippen LogP contribution in [-0.4, -0.2) is 69.4 Å². The summed E-state index contributed by atoms with van der Waals surface area (Å²) in [6.45, 7) is 6.86. The smallest absolute Gasteiger partial charge is 0.306 e. The van der Waals surface area contributed by atoms with Crippen LogP contribution in [0.5, 0.6) is 0 Å². The highest BCUT2D eigenvalue weighted by Crippen LogP contribution is 2.38. The van der Waals surface area contributed by atoms with E-state index >= 15 is 0 Å². The molecule has 1 amide bonds. The van der Waals surface area contributed by atoms with Gasteiger partial charge in [-0.15, -0.1) is 0 Å². The van der Waals surface area contributed by atoms with Gasteiger partial charge >= 0.3 is 5.97 Å². The molecule has 0 aromatic heterocycles. The third-order valence-corrected chi connectivity index (χ3v) is 15.5. The predicted octanol–water partition coefficient (Wildman–Crippen LogP) is 19.3. The Hall–Kier alpha value is -1.77. The number of hydrogen-bond acceptors (Lipinski definition) is 7. The number of allylic oxidation sites excluding steroid dienone is 5. The average molecular weight is 1080 g/mol. The molecule has 3 atom stereocenters. The van der Waals surface area contributed by atoms with Crippen LogP contribution in [0, 0.1) is 0 Å². The van der Waals surface area contributed by atoms with E-state index in [0.29, 0.717) is 17.4 Å². The summed E-state index contributed by atoms with van der Waals surface area (Å²) in [5, 5.41) is 3.03. The number of quaternary nitrogens is 1. The number of phosphoric acid groups is 1. The van der Waals surface area contributed by atoms with Crippen LogP contribution in [0.2, 0.25) is 0 Å². The van der Waals surface area contributed by atoms with E-state index in [9.17, 15) is 19.0 Å². The normalized spacial score (nSPS) is 13.9. The van der Waals surface area contributed by atoms with Gasteiger partial charge in [0, 0.05) is 12.8 Å². The summed E-state index contributed by atoms with van der Waals surface area (Å²) < 4.78 is 30.4. The molecule has 0 aliphatic carbocycles. The third kappa shape index (κ3) is 56.8. The molecule has 10 heteroatoms. The van der Waals surface area contributed by atoms with E-state index < -0.39 is 20.0 Å². The molecule has 0 rings (SSSR count). The first-order chi connectivity index (χ1) is 36.4. The Labute approximate surface area is 466 Å². The van der Waals surface area contributed by atoms with Crippen LogP contribution < -0.4 is 10.2 Å². The van der Waals surface area contributed by atoms with Gasteiger partial charge < -0.3 is 28.5 Å². The second kappa shape index (κ2) is 55.5. The Morgan fingerprint density at radius 2 is 0.813 bits per heavy atom. The Bertz CT molecular complexity index is 1380. The zero-order chi connectivity index (χ0) is 55.0. The first-order valence-corrected chi connectivity index (χ1v) is 33.8. The number of nitrogens with zero attached hydrogens (tertiary/aromatic N) is 1. The molecular weight excluding hydrogens is 952 g/mol. The fourth-order valence-corrected chi connectivity index (χ4v) is 10.3. The van der Waals surface area contributed by atoms with Gasteiger partial charge in [0.1, 0.15) is 19.3 Å². The number of carbonyl (C=O) groups excluding carboxylic acids is 2. The van der Waals surface area contributed by atoms with Crippen molar-refractivity contribution in [2.75, 3.05) is 40.9 Å². The van der Waals surface area contributed by atoms with E-state index in [1.165, 1.54) is 205 Å². The van der Waals surface area contributed by atoms with Crippen molar-refractivity contribution in [2.24, 2.45) is 0 Å². The quantitative estimate of drug-likeness (QED) is 0.0212. The molecule has 0 fully saturated rings. The van der Waals surface area contributed by atoms with Gasteiger partial charge in [-0.05, 0) is 63.9 Å². The fourth-order valence-electron chi connectivity index (χ4n) is 9.55. The molecule has 0 aromatic carbocycles. The molecule has 442 valence electrons. The van der Waals surface area contributed by atoms with Crippen molar-refractivity contribution in [1.82, 2.24) is 5.32 Å². The van der Waals surface area contributed by atoms with Crippen LogP contribution in [-0.2, 0) is 27.9 Å². The molecule has 0 aliphatic heterocycles. The number of ether oxygens (including phenoxy) is 1. The number of unbranched alkanes of at least 4 members (excludes halogenated alkanes) is 39. The topological polar surface area (TPSA) is 114 Å². The molecule has 9 nitrogen and oxygen atoms in total. The minimum Gasteiger partial charge on any atom is -0.756 e. The standard InChI is InChI=1S/C65H125N2O7P/c1-7-10-13-16-19-22-25-28-30-32-33-35-37-40-43-46-49-52-55-58-65(69)74-63(56-53-50-47-44-41-38-27-24-21-18-15-12-9-3)62(61-73-75(70,71)72-60-59-67(4,5)6)66-64(68)57-54-51-48-45-42-39-36-34-31-29-26-23-20-17-14-11-8-2/h20,23,29,31,53,56,62-63H,7-19,21-22,24-28,30,32-52,54-55,57-61H2,1-6H3,(H-,66,68,70,71)/b23-20-,31-29-,56-53+. The number of esters is 1. The number of carbonyl (C=O) groups is 2. The highest BCUT2D eigenvalue weighted by atomic mass is 31.2. The van der Waals surface area contributed by atoms with Crippen molar-refractivity contribution < 1.29 is 37.3 Å². The van der Waals surface area contributed by atoms with Crippen LogP contribution >= 0.6 is 7.82 Å². The average Bonchev–Trinajstić information content (AvgIpc) is 3.37. The maximum Gasteiger partial charge on any atom is 0.306 e. The van der Waals surface area contributed by atoms with Gasteiger partial charge in [0.15, 0.2) is 0 Å². The van der Waals surface area contributed by atoms with Gasteiger partial charge in [-0.2, -0.15) is 0 Å². The summed E-state index contributed by atoms with van der Waals surface area (Å²) in [6, 6.07) is -0.889. The molecule has 75 heavy (non-hydrogen) atoms. The molecule has 0 saturated heterocycles. The van der Waals surface area contributed by atoms with Gasteiger partial charge in [-0.1, -0.05) is 276 Å². The summed E-state index contributed by atoms with van der Waals surface area (Å²) in [7, 11) is 1.19. The molecule has 0 spiro atoms. The third-order valence-electron chi connectivity index (χ3n) is 14.6. The Morgan fingerprint density at radius 3 is 1.23 bits per heavy atom. The first-order valence-electron chi connectivity index (χ1n) is 32.3. The van der Waals surface area contributed by atoms with Crippen LogP contribution in [0.3, 0.4) is 0 Å². The molecule has 1 N–H and O–H groups in total. The first kappa shape index (κ1) is 73.2. The van der Waals surface area contributed by atoms with Crippen molar-refractivity contribution in [3.05, 3.63) is 36.5 Å². The molecule has 3 unspecified atom stereocenters. The summed E-state index contributed by atoms with van der Waals surface area (Å²) in [5.41, 5.74) is 0. The molecule has 0 bridgehead atoms. The summed E-state index contributed by atoms with van der Waals surface area (Å²) in [4.78, 5) is 40.0. The number of likely N-dealkylation sites (N-methyl/N-ethyl adjacent to an activating group) is 1. The van der Waals surface area contributed by atoms with Crippen LogP contribution in [0.1, 0.15) is 316 Å². The molecule has 0 aromatic rings. The molecule has 0 aliphatic rings. The van der Waals surface area contributed by atoms with E-state index in [1.54, 1.807) is 0 Å². The van der Waals surface area contributed by atoms with Crippen molar-refractivity contribution in [2.45, 2.75) is 328 Å². The Balaban J connectivity index is 5.23. The molecule has 0 heterocycles. The second-order valence-electron chi connectivity index (χ2n) is 23.3. The van der Waals surface area contributed by atoms with Crippen molar-refractivity contribution in [3.8, 4) is 0 Å². The van der Waals surface area contributed by atoms with E-state index in [2.05, 4.69) is 50.4 Å². The van der Waals surface area contributed by atoms with E-state index in [0.717, 1.165) is 77.0 Å². The number of rotatable bonds is 59. The predicted molar refractivity (Wildman–Crippen MR) is 321 cm³/mol. The minimum absolute atomic E-state index is 0.0216. The van der Waals surface area contributed by atoms with Crippen molar-refractivity contribution >= 4 is 19.7 Å². The SMILES string of the molecule is CCCCC/C=C\C/C=C\CCCCCCCCCC(=O)NC(COP(=O)([O-])OCC[N+](C)(C)C)C(/C=C/CCCCCCCCCCCCC)OC(=O)CCCCCCCCCCCCCCCCCCCCC. The van der Waals surface area contributed by atoms with Crippen LogP contribution in [0.25, 0.3) is 0 Å². The Kier molecular flexibility index (Phi) is 54.2. The summed E-state index contributed by atoms with van der Waals surface area (Å²) in [5.74, 6) is -0.534. The lowest BCUT2D eigenvalue weighted by molar-refractivity contribution is -0.870. The Morgan fingerprint density at radius 1 is 0.467 bits per heavy atom. The van der Waals surface area contributed by atoms with E-state index in [-0.39, 0.29) is 31.5 Å². The molecular formula is C65H125N2O7P. The summed E-state index contributed by atoms with van der Waals surface area (Å²) in [6.07, 6.45) is 66.7. The molecule has 0 radical (unpaired) electrons. The number of nitrogens with one attached hydrogen (secondary N) is 1. The lowest BCUT2D eigenvalue weighted by Crippen LogP contribution is -2.47. The van der Waals surface area contributed by atoms with E-state index in [4.69, 9.17) is 13.8 Å². The highest BCUT2D eigenvalue weighted by Gasteiger charge is 2.27. The zero-order valence-electron chi connectivity index (χ0n) is 50.5.